The molecule has 0 saturated carbocycles. The molecule has 10 aromatic rings. The average Bonchev–Trinajstić information content (AvgIpc) is 3.75. The molecule has 0 N–H and O–H groups in total. The second-order valence-electron chi connectivity index (χ2n) is 16.1. The highest BCUT2D eigenvalue weighted by Crippen LogP contribution is 2.51. The zero-order valence-electron chi connectivity index (χ0n) is 32.0. The summed E-state index contributed by atoms with van der Waals surface area (Å²) in [6, 6.07) is 73.6. The third kappa shape index (κ3) is 5.53. The van der Waals surface area contributed by atoms with E-state index in [1.807, 2.05) is 12.1 Å². The minimum Gasteiger partial charge on any atom is -0.456 e. The first-order chi connectivity index (χ1) is 28.0. The lowest BCUT2D eigenvalue weighted by Crippen LogP contribution is -2.16. The molecule has 0 spiro atoms. The fraction of sp³-hybridized carbons (Fsp3) is 0.0714. The minimum absolute atomic E-state index is 0.0579. The van der Waals surface area contributed by atoms with Crippen LogP contribution in [-0.2, 0) is 5.41 Å². The minimum atomic E-state index is -0.178. The van der Waals surface area contributed by atoms with Gasteiger partial charge in [-0.15, -0.1) is 0 Å². The largest absolute Gasteiger partial charge is 0.456 e. The summed E-state index contributed by atoms with van der Waals surface area (Å²) in [6.45, 7) is 4.78. The molecule has 1 nitrogen and oxygen atoms in total. The van der Waals surface area contributed by atoms with Crippen LogP contribution in [0.1, 0.15) is 47.6 Å². The number of rotatable bonds is 6. The van der Waals surface area contributed by atoms with Gasteiger partial charge >= 0.3 is 0 Å². The summed E-state index contributed by atoms with van der Waals surface area (Å²) in [6.07, 6.45) is 0. The first-order valence-electron chi connectivity index (χ1n) is 19.9. The predicted molar refractivity (Wildman–Crippen MR) is 239 cm³/mol. The van der Waals surface area contributed by atoms with Gasteiger partial charge in [-0.25, -0.2) is 0 Å². The van der Waals surface area contributed by atoms with Crippen LogP contribution in [0, 0.1) is 0 Å². The second kappa shape index (κ2) is 13.1. The van der Waals surface area contributed by atoms with E-state index >= 15 is 0 Å². The number of benzene rings is 9. The van der Waals surface area contributed by atoms with Crippen LogP contribution in [0.25, 0.3) is 77.2 Å². The van der Waals surface area contributed by atoms with Crippen LogP contribution in [0.5, 0.6) is 0 Å². The van der Waals surface area contributed by atoms with Gasteiger partial charge in [0.25, 0.3) is 0 Å². The summed E-state index contributed by atoms with van der Waals surface area (Å²) in [4.78, 5) is 0. The van der Waals surface area contributed by atoms with Gasteiger partial charge in [-0.2, -0.15) is 0 Å². The third-order valence-electron chi connectivity index (χ3n) is 12.4. The highest BCUT2D eigenvalue weighted by Gasteiger charge is 2.36. The molecule has 1 heteroatoms. The Morgan fingerprint density at radius 3 is 1.67 bits per heavy atom. The van der Waals surface area contributed by atoms with Crippen molar-refractivity contribution in [3.05, 3.63) is 228 Å². The van der Waals surface area contributed by atoms with Gasteiger partial charge in [-0.1, -0.05) is 190 Å². The molecule has 11 rings (SSSR count). The van der Waals surface area contributed by atoms with E-state index in [0.29, 0.717) is 0 Å². The highest BCUT2D eigenvalue weighted by molar-refractivity contribution is 6.06. The first-order valence-corrected chi connectivity index (χ1v) is 19.9. The van der Waals surface area contributed by atoms with Crippen LogP contribution >= 0.6 is 0 Å². The molecule has 270 valence electrons. The van der Waals surface area contributed by atoms with Gasteiger partial charge < -0.3 is 4.42 Å². The van der Waals surface area contributed by atoms with Crippen molar-refractivity contribution in [3.63, 3.8) is 0 Å². The normalized spacial score (nSPS) is 13.5. The van der Waals surface area contributed by atoms with Gasteiger partial charge in [-0.05, 0) is 107 Å². The summed E-state index contributed by atoms with van der Waals surface area (Å²) in [5.74, 6) is 0.0579. The standard InChI is InChI=1S/C56H40O/c1-56(2)51-34-43(42-29-32-54-50(33-42)48-16-8-9-18-53(48)57-54)27-30-46(51)47-31-28-44(35-52(47)56)55(49-17-10-14-40-13-6-7-15-45(40)49)41-25-23-39(24-26-41)38-21-19-37(20-22-38)36-11-4-3-5-12-36/h3-35,55H,1-2H3. The van der Waals surface area contributed by atoms with Gasteiger partial charge in [-0.3, -0.25) is 0 Å². The highest BCUT2D eigenvalue weighted by atomic mass is 16.3. The molecule has 57 heavy (non-hydrogen) atoms. The number of hydrogen-bond donors (Lipinski definition) is 0. The molecule has 1 atom stereocenters. The van der Waals surface area contributed by atoms with Gasteiger partial charge in [0.15, 0.2) is 0 Å². The summed E-state index contributed by atoms with van der Waals surface area (Å²) >= 11 is 0. The second-order valence-corrected chi connectivity index (χ2v) is 16.1. The first kappa shape index (κ1) is 33.4. The number of para-hydroxylation sites is 1. The van der Waals surface area contributed by atoms with Gasteiger partial charge in [0.2, 0.25) is 0 Å². The van der Waals surface area contributed by atoms with Crippen LogP contribution in [0.4, 0.5) is 0 Å². The summed E-state index contributed by atoms with van der Waals surface area (Å²) in [5, 5.41) is 4.87. The molecule has 1 unspecified atom stereocenters. The Labute approximate surface area is 333 Å². The third-order valence-corrected chi connectivity index (χ3v) is 12.4. The summed E-state index contributed by atoms with van der Waals surface area (Å²) < 4.78 is 6.15. The van der Waals surface area contributed by atoms with Crippen molar-refractivity contribution in [2.45, 2.75) is 25.2 Å². The van der Waals surface area contributed by atoms with Gasteiger partial charge in [0.05, 0.1) is 0 Å². The van der Waals surface area contributed by atoms with Crippen LogP contribution < -0.4 is 0 Å². The van der Waals surface area contributed by atoms with E-state index in [2.05, 4.69) is 202 Å². The quantitative estimate of drug-likeness (QED) is 0.155. The molecule has 0 radical (unpaired) electrons. The van der Waals surface area contributed by atoms with Crippen molar-refractivity contribution >= 4 is 32.7 Å². The molecule has 0 saturated heterocycles. The van der Waals surface area contributed by atoms with Crippen molar-refractivity contribution in [1.29, 1.82) is 0 Å². The fourth-order valence-electron chi connectivity index (χ4n) is 9.43. The Hall–Kier alpha value is -6.96. The molecule has 1 aliphatic rings. The van der Waals surface area contributed by atoms with Crippen LogP contribution in [0.2, 0.25) is 0 Å². The smallest absolute Gasteiger partial charge is 0.135 e. The van der Waals surface area contributed by atoms with Crippen LogP contribution in [0.15, 0.2) is 205 Å². The summed E-state index contributed by atoms with van der Waals surface area (Å²) in [5.41, 5.74) is 18.3. The van der Waals surface area contributed by atoms with Crippen molar-refractivity contribution in [1.82, 2.24) is 0 Å². The van der Waals surface area contributed by atoms with Crippen LogP contribution in [-0.4, -0.2) is 0 Å². The Balaban J connectivity index is 0.983. The SMILES string of the molecule is CC1(C)c2cc(-c3ccc4oc5ccccc5c4c3)ccc2-c2ccc(C(c3ccc(-c4ccc(-c5ccccc5)cc4)cc3)c3cccc4ccccc34)cc21. The topological polar surface area (TPSA) is 13.1 Å². The number of hydrogen-bond acceptors (Lipinski definition) is 1. The zero-order valence-corrected chi connectivity index (χ0v) is 32.0. The molecule has 0 bridgehead atoms. The average molecular weight is 729 g/mol. The maximum atomic E-state index is 6.15. The maximum Gasteiger partial charge on any atom is 0.135 e. The maximum absolute atomic E-state index is 6.15. The van der Waals surface area contributed by atoms with Crippen molar-refractivity contribution < 1.29 is 4.42 Å². The molecule has 9 aromatic carbocycles. The molecule has 1 aromatic heterocycles. The molecule has 0 fully saturated rings. The van der Waals surface area contributed by atoms with E-state index in [-0.39, 0.29) is 11.3 Å². The van der Waals surface area contributed by atoms with E-state index in [1.165, 1.54) is 83.1 Å². The van der Waals surface area contributed by atoms with Gasteiger partial charge in [0, 0.05) is 22.1 Å². The fourth-order valence-corrected chi connectivity index (χ4v) is 9.43. The van der Waals surface area contributed by atoms with E-state index in [9.17, 15) is 0 Å². The lowest BCUT2D eigenvalue weighted by molar-refractivity contribution is 0.659. The van der Waals surface area contributed by atoms with Crippen LogP contribution in [0.3, 0.4) is 0 Å². The van der Waals surface area contributed by atoms with Crippen molar-refractivity contribution in [2.75, 3.05) is 0 Å². The summed E-state index contributed by atoms with van der Waals surface area (Å²) in [7, 11) is 0. The molecule has 0 aliphatic heterocycles. The molecular weight excluding hydrogens is 689 g/mol. The Bertz CT molecular complexity index is 3120. The molecular formula is C56H40O. The van der Waals surface area contributed by atoms with E-state index in [4.69, 9.17) is 4.42 Å². The van der Waals surface area contributed by atoms with E-state index in [1.54, 1.807) is 0 Å². The number of fused-ring (bicyclic) bond motifs is 7. The Morgan fingerprint density at radius 2 is 0.895 bits per heavy atom. The van der Waals surface area contributed by atoms with E-state index in [0.717, 1.165) is 21.9 Å². The van der Waals surface area contributed by atoms with E-state index < -0.39 is 0 Å². The Kier molecular flexibility index (Phi) is 7.66. The van der Waals surface area contributed by atoms with Crippen molar-refractivity contribution in [3.8, 4) is 44.5 Å². The zero-order chi connectivity index (χ0) is 38.1. The Morgan fingerprint density at radius 1 is 0.368 bits per heavy atom. The molecule has 1 aliphatic carbocycles. The predicted octanol–water partition coefficient (Wildman–Crippen LogP) is 15.2. The van der Waals surface area contributed by atoms with Crippen molar-refractivity contribution in [2.24, 2.45) is 0 Å². The number of furan rings is 1. The molecule has 1 heterocycles. The molecule has 0 amide bonds. The lowest BCUT2D eigenvalue weighted by Gasteiger charge is -2.25. The lowest BCUT2D eigenvalue weighted by atomic mass is 9.78. The van der Waals surface area contributed by atoms with Gasteiger partial charge in [0.1, 0.15) is 11.2 Å². The monoisotopic (exact) mass is 728 g/mol.